The van der Waals surface area contributed by atoms with Gasteiger partial charge >= 0.3 is 0 Å². The van der Waals surface area contributed by atoms with E-state index in [1.54, 1.807) is 0 Å². The van der Waals surface area contributed by atoms with Crippen molar-refractivity contribution in [2.24, 2.45) is 0 Å². The molecule has 45 heavy (non-hydrogen) atoms. The summed E-state index contributed by atoms with van der Waals surface area (Å²) in [7, 11) is 0. The monoisotopic (exact) mass is 577 g/mol. The van der Waals surface area contributed by atoms with Gasteiger partial charge in [0.2, 0.25) is 0 Å². The summed E-state index contributed by atoms with van der Waals surface area (Å²) >= 11 is 0. The van der Waals surface area contributed by atoms with Crippen molar-refractivity contribution in [1.82, 2.24) is 4.98 Å². The third-order valence-corrected chi connectivity index (χ3v) is 9.97. The maximum Gasteiger partial charge on any atom is 0.0716 e. The molecule has 216 valence electrons. The van der Waals surface area contributed by atoms with Gasteiger partial charge in [0, 0.05) is 16.4 Å². The summed E-state index contributed by atoms with van der Waals surface area (Å²) in [6.07, 6.45) is 2.10. The van der Waals surface area contributed by atoms with Crippen molar-refractivity contribution in [3.63, 3.8) is 0 Å². The number of aromatic nitrogens is 1. The second-order valence-electron chi connectivity index (χ2n) is 12.2. The molecule has 0 aliphatic heterocycles. The summed E-state index contributed by atoms with van der Waals surface area (Å²) in [6, 6.07) is 55.2. The van der Waals surface area contributed by atoms with Crippen molar-refractivity contribution < 1.29 is 0 Å². The van der Waals surface area contributed by atoms with E-state index in [0.717, 1.165) is 24.1 Å². The third kappa shape index (κ3) is 4.50. The van der Waals surface area contributed by atoms with E-state index in [4.69, 9.17) is 4.98 Å². The molecule has 1 aliphatic rings. The summed E-state index contributed by atoms with van der Waals surface area (Å²) in [5.74, 6) is 0. The summed E-state index contributed by atoms with van der Waals surface area (Å²) in [5.41, 5.74) is 16.1. The van der Waals surface area contributed by atoms with Gasteiger partial charge in [0.1, 0.15) is 0 Å². The molecule has 0 amide bonds. The Kier molecular flexibility index (Phi) is 6.68. The van der Waals surface area contributed by atoms with Crippen molar-refractivity contribution in [3.05, 3.63) is 163 Å². The van der Waals surface area contributed by atoms with Gasteiger partial charge < -0.3 is 0 Å². The van der Waals surface area contributed by atoms with E-state index in [2.05, 4.69) is 166 Å². The van der Waals surface area contributed by atoms with Crippen LogP contribution in [0, 0.1) is 0 Å². The third-order valence-electron chi connectivity index (χ3n) is 9.97. The van der Waals surface area contributed by atoms with Crippen molar-refractivity contribution in [1.29, 1.82) is 0 Å². The second kappa shape index (κ2) is 11.0. The fourth-order valence-corrected chi connectivity index (χ4v) is 7.52. The topological polar surface area (TPSA) is 12.9 Å². The number of pyridine rings is 1. The first-order valence-electron chi connectivity index (χ1n) is 16.1. The van der Waals surface area contributed by atoms with Crippen LogP contribution >= 0.6 is 0 Å². The minimum absolute atomic E-state index is 0.0326. The molecule has 0 spiro atoms. The maximum atomic E-state index is 5.29. The molecule has 6 aromatic carbocycles. The molecule has 0 N–H and O–H groups in total. The molecule has 0 atom stereocenters. The molecule has 8 rings (SSSR count). The highest BCUT2D eigenvalue weighted by atomic mass is 14.7. The van der Waals surface area contributed by atoms with E-state index in [0.29, 0.717) is 0 Å². The lowest BCUT2D eigenvalue weighted by Crippen LogP contribution is -2.23. The van der Waals surface area contributed by atoms with Crippen LogP contribution in [0.3, 0.4) is 0 Å². The molecule has 0 unspecified atom stereocenters. The average Bonchev–Trinajstić information content (AvgIpc) is 3.40. The van der Waals surface area contributed by atoms with Crippen LogP contribution in [0.5, 0.6) is 0 Å². The molecule has 1 aromatic heterocycles. The molecule has 0 bridgehead atoms. The summed E-state index contributed by atoms with van der Waals surface area (Å²) in [6.45, 7) is 4.69. The van der Waals surface area contributed by atoms with Gasteiger partial charge in [-0.05, 0) is 98.8 Å². The van der Waals surface area contributed by atoms with Crippen molar-refractivity contribution in [2.75, 3.05) is 0 Å². The highest BCUT2D eigenvalue weighted by Crippen LogP contribution is 2.54. The van der Waals surface area contributed by atoms with Gasteiger partial charge in [0.15, 0.2) is 0 Å². The Balaban J connectivity index is 1.29. The van der Waals surface area contributed by atoms with Gasteiger partial charge in [0.05, 0.1) is 11.2 Å². The quantitative estimate of drug-likeness (QED) is 0.192. The molecular formula is C44H35N. The van der Waals surface area contributed by atoms with Gasteiger partial charge in [0.25, 0.3) is 0 Å². The van der Waals surface area contributed by atoms with Crippen LogP contribution in [0.15, 0.2) is 152 Å². The zero-order valence-electron chi connectivity index (χ0n) is 25.8. The van der Waals surface area contributed by atoms with Gasteiger partial charge in [-0.15, -0.1) is 0 Å². The summed E-state index contributed by atoms with van der Waals surface area (Å²) < 4.78 is 0. The predicted octanol–water partition coefficient (Wildman–Crippen LogP) is 12.0. The predicted molar refractivity (Wildman–Crippen MR) is 190 cm³/mol. The maximum absolute atomic E-state index is 5.29. The van der Waals surface area contributed by atoms with E-state index in [1.807, 2.05) is 0 Å². The van der Waals surface area contributed by atoms with Crippen LogP contribution in [0.4, 0.5) is 0 Å². The van der Waals surface area contributed by atoms with E-state index < -0.39 is 0 Å². The van der Waals surface area contributed by atoms with Crippen LogP contribution in [0.2, 0.25) is 0 Å². The van der Waals surface area contributed by atoms with Crippen molar-refractivity contribution in [3.8, 4) is 55.8 Å². The van der Waals surface area contributed by atoms with Crippen LogP contribution < -0.4 is 0 Å². The van der Waals surface area contributed by atoms with E-state index in [-0.39, 0.29) is 5.41 Å². The van der Waals surface area contributed by atoms with E-state index >= 15 is 0 Å². The van der Waals surface area contributed by atoms with Crippen LogP contribution in [0.25, 0.3) is 66.7 Å². The Morgan fingerprint density at radius 2 is 0.911 bits per heavy atom. The van der Waals surface area contributed by atoms with E-state index in [9.17, 15) is 0 Å². The molecular weight excluding hydrogens is 542 g/mol. The highest BCUT2D eigenvalue weighted by Gasteiger charge is 2.40. The molecule has 1 nitrogen and oxygen atoms in total. The lowest BCUT2D eigenvalue weighted by molar-refractivity contribution is 0.490. The first kappa shape index (κ1) is 27.3. The Bertz CT molecular complexity index is 2160. The molecule has 0 saturated carbocycles. The van der Waals surface area contributed by atoms with Gasteiger partial charge in [-0.25, -0.2) is 4.98 Å². The molecule has 1 heterocycles. The van der Waals surface area contributed by atoms with Crippen LogP contribution in [0.1, 0.15) is 37.8 Å². The zero-order valence-corrected chi connectivity index (χ0v) is 25.8. The Labute approximate surface area is 265 Å². The number of rotatable bonds is 6. The number of fused-ring (bicyclic) bond motifs is 4. The molecule has 0 radical (unpaired) electrons. The molecule has 7 aromatic rings. The SMILES string of the molecule is CCC1(CC)c2cc(-c3ccccc3)ccc2-c2ccc(-c3cc(-c4ccccc4)c4cc(-c5ccccc5)ccc4n3)cc21. The standard InChI is InChI=1S/C44H35N/c1-3-44(4-2)40-27-34(31-16-10-6-11-17-31)20-23-36(40)37-24-21-35(28-41(37)44)43-29-38(32-18-12-7-13-19-32)39-26-33(22-25-42(39)45-43)30-14-8-5-9-15-30/h5-29H,3-4H2,1-2H3. The number of nitrogens with zero attached hydrogens (tertiary/aromatic N) is 1. The number of hydrogen-bond donors (Lipinski definition) is 0. The minimum Gasteiger partial charge on any atom is -0.248 e. The fourth-order valence-electron chi connectivity index (χ4n) is 7.52. The van der Waals surface area contributed by atoms with Crippen molar-refractivity contribution in [2.45, 2.75) is 32.1 Å². The normalized spacial score (nSPS) is 13.0. The summed E-state index contributed by atoms with van der Waals surface area (Å²) in [4.78, 5) is 5.29. The van der Waals surface area contributed by atoms with Crippen LogP contribution in [-0.4, -0.2) is 4.98 Å². The number of hydrogen-bond acceptors (Lipinski definition) is 1. The summed E-state index contributed by atoms with van der Waals surface area (Å²) in [5, 5.41) is 1.17. The lowest BCUT2D eigenvalue weighted by atomic mass is 9.73. The first-order valence-corrected chi connectivity index (χ1v) is 16.1. The highest BCUT2D eigenvalue weighted by molar-refractivity contribution is 5.99. The van der Waals surface area contributed by atoms with Crippen molar-refractivity contribution >= 4 is 10.9 Å². The second-order valence-corrected chi connectivity index (χ2v) is 12.2. The Hall–Kier alpha value is -5.27. The molecule has 0 saturated heterocycles. The van der Waals surface area contributed by atoms with Gasteiger partial charge in [-0.1, -0.05) is 135 Å². The van der Waals surface area contributed by atoms with E-state index in [1.165, 1.54) is 66.6 Å². The Morgan fingerprint density at radius 3 is 1.49 bits per heavy atom. The van der Waals surface area contributed by atoms with Gasteiger partial charge in [-0.3, -0.25) is 0 Å². The Morgan fingerprint density at radius 1 is 0.422 bits per heavy atom. The fraction of sp³-hybridized carbons (Fsp3) is 0.114. The first-order chi connectivity index (χ1) is 22.2. The number of benzene rings is 6. The molecule has 1 aliphatic carbocycles. The largest absolute Gasteiger partial charge is 0.248 e. The smallest absolute Gasteiger partial charge is 0.0716 e. The minimum atomic E-state index is -0.0326. The van der Waals surface area contributed by atoms with Crippen LogP contribution in [-0.2, 0) is 5.41 Å². The molecule has 0 fully saturated rings. The average molecular weight is 578 g/mol. The zero-order chi connectivity index (χ0) is 30.4. The molecule has 1 heteroatoms. The lowest BCUT2D eigenvalue weighted by Gasteiger charge is -2.30. The van der Waals surface area contributed by atoms with Gasteiger partial charge in [-0.2, -0.15) is 0 Å².